The van der Waals surface area contributed by atoms with Crippen molar-refractivity contribution in [1.82, 2.24) is 0 Å². The summed E-state index contributed by atoms with van der Waals surface area (Å²) in [4.78, 5) is 11.7. The molecule has 0 saturated heterocycles. The lowest BCUT2D eigenvalue weighted by Crippen LogP contribution is -2.30. The molecule has 0 radical (unpaired) electrons. The van der Waals surface area contributed by atoms with E-state index in [0.717, 1.165) is 17.8 Å². The summed E-state index contributed by atoms with van der Waals surface area (Å²) in [5.74, 6) is 4.06. The largest absolute Gasteiger partial charge is 0.299 e. The molecule has 66 valence electrons. The second-order valence-electron chi connectivity index (χ2n) is 4.96. The number of rotatable bonds is 0. The van der Waals surface area contributed by atoms with Gasteiger partial charge in [-0.3, -0.25) is 4.79 Å². The van der Waals surface area contributed by atoms with Gasteiger partial charge in [0.1, 0.15) is 5.78 Å². The Bertz CT molecular complexity index is 233. The van der Waals surface area contributed by atoms with Gasteiger partial charge in [-0.15, -0.1) is 0 Å². The Morgan fingerprint density at radius 3 is 2.75 bits per heavy atom. The summed E-state index contributed by atoms with van der Waals surface area (Å²) in [6.45, 7) is 2.15. The lowest BCUT2D eigenvalue weighted by atomic mass is 9.76. The van der Waals surface area contributed by atoms with E-state index < -0.39 is 0 Å². The first-order valence-electron chi connectivity index (χ1n) is 5.33. The Kier molecular flexibility index (Phi) is 1.26. The lowest BCUT2D eigenvalue weighted by molar-refractivity contribution is -0.127. The maximum Gasteiger partial charge on any atom is 0.139 e. The zero-order chi connectivity index (χ0) is 8.29. The van der Waals surface area contributed by atoms with E-state index in [-0.39, 0.29) is 0 Å². The standard InChI is InChI=1S/C11H16O/c1-6-9-5-10(11(6)12)8-4-2-3-7(8)9/h6-10H,2-5H2,1H3. The molecule has 3 aliphatic rings. The summed E-state index contributed by atoms with van der Waals surface area (Å²) in [6, 6.07) is 0. The molecule has 1 heteroatoms. The van der Waals surface area contributed by atoms with Crippen LogP contribution in [0.5, 0.6) is 0 Å². The number of Topliss-reactive ketones (excluding diaryl/α,β-unsaturated/α-hetero) is 1. The first kappa shape index (κ1) is 7.11. The molecule has 1 nitrogen and oxygen atoms in total. The molecular weight excluding hydrogens is 148 g/mol. The van der Waals surface area contributed by atoms with Crippen LogP contribution in [0, 0.1) is 29.6 Å². The van der Waals surface area contributed by atoms with E-state index in [0.29, 0.717) is 17.6 Å². The molecule has 0 spiro atoms. The Morgan fingerprint density at radius 2 is 1.92 bits per heavy atom. The van der Waals surface area contributed by atoms with Crippen molar-refractivity contribution in [3.63, 3.8) is 0 Å². The quantitative estimate of drug-likeness (QED) is 0.536. The molecule has 12 heavy (non-hydrogen) atoms. The van der Waals surface area contributed by atoms with Crippen LogP contribution >= 0.6 is 0 Å². The average molecular weight is 164 g/mol. The maximum absolute atomic E-state index is 11.7. The van der Waals surface area contributed by atoms with Gasteiger partial charge < -0.3 is 0 Å². The second-order valence-corrected chi connectivity index (χ2v) is 4.96. The molecule has 0 aromatic rings. The van der Waals surface area contributed by atoms with Crippen molar-refractivity contribution >= 4 is 5.78 Å². The van der Waals surface area contributed by atoms with Crippen molar-refractivity contribution in [3.05, 3.63) is 0 Å². The van der Waals surface area contributed by atoms with E-state index in [1.807, 2.05) is 0 Å². The van der Waals surface area contributed by atoms with E-state index >= 15 is 0 Å². The van der Waals surface area contributed by atoms with Gasteiger partial charge in [-0.25, -0.2) is 0 Å². The van der Waals surface area contributed by atoms with Crippen LogP contribution in [0.3, 0.4) is 0 Å². The monoisotopic (exact) mass is 164 g/mol. The third-order valence-electron chi connectivity index (χ3n) is 4.67. The molecule has 0 aromatic heterocycles. The molecule has 5 unspecified atom stereocenters. The summed E-state index contributed by atoms with van der Waals surface area (Å²) in [5, 5.41) is 0. The van der Waals surface area contributed by atoms with Gasteiger partial charge in [0.05, 0.1) is 0 Å². The van der Waals surface area contributed by atoms with E-state index in [1.54, 1.807) is 0 Å². The second kappa shape index (κ2) is 2.12. The third kappa shape index (κ3) is 0.641. The van der Waals surface area contributed by atoms with Gasteiger partial charge in [0.25, 0.3) is 0 Å². The zero-order valence-corrected chi connectivity index (χ0v) is 7.62. The minimum Gasteiger partial charge on any atom is -0.299 e. The molecule has 3 fully saturated rings. The van der Waals surface area contributed by atoms with Crippen molar-refractivity contribution in [2.75, 3.05) is 0 Å². The molecule has 0 N–H and O–H groups in total. The molecule has 2 bridgehead atoms. The van der Waals surface area contributed by atoms with E-state index in [2.05, 4.69) is 6.92 Å². The third-order valence-corrected chi connectivity index (χ3v) is 4.67. The molecule has 0 heterocycles. The van der Waals surface area contributed by atoms with Crippen LogP contribution in [0.15, 0.2) is 0 Å². The van der Waals surface area contributed by atoms with E-state index in [9.17, 15) is 4.79 Å². The van der Waals surface area contributed by atoms with Crippen LogP contribution in [0.1, 0.15) is 32.6 Å². The van der Waals surface area contributed by atoms with Crippen LogP contribution in [0.25, 0.3) is 0 Å². The minimum absolute atomic E-state index is 0.411. The minimum atomic E-state index is 0.411. The van der Waals surface area contributed by atoms with Crippen molar-refractivity contribution in [2.24, 2.45) is 29.6 Å². The van der Waals surface area contributed by atoms with Gasteiger partial charge in [-0.1, -0.05) is 13.3 Å². The molecular formula is C11H16O. The fraction of sp³-hybridized carbons (Fsp3) is 0.909. The fourth-order valence-corrected chi connectivity index (χ4v) is 4.14. The van der Waals surface area contributed by atoms with Gasteiger partial charge in [0.2, 0.25) is 0 Å². The first-order valence-corrected chi connectivity index (χ1v) is 5.33. The molecule has 3 aliphatic carbocycles. The SMILES string of the molecule is CC1C(=O)C2CC1C1CCCC21. The molecule has 5 atom stereocenters. The fourth-order valence-electron chi connectivity index (χ4n) is 4.14. The van der Waals surface area contributed by atoms with Gasteiger partial charge in [-0.2, -0.15) is 0 Å². The number of carbonyl (C=O) groups is 1. The van der Waals surface area contributed by atoms with Crippen molar-refractivity contribution in [3.8, 4) is 0 Å². The zero-order valence-electron chi connectivity index (χ0n) is 7.62. The molecule has 0 aromatic carbocycles. The first-order chi connectivity index (χ1) is 5.79. The Labute approximate surface area is 73.5 Å². The van der Waals surface area contributed by atoms with Crippen LogP contribution < -0.4 is 0 Å². The van der Waals surface area contributed by atoms with Crippen LogP contribution in [-0.2, 0) is 4.79 Å². The van der Waals surface area contributed by atoms with Crippen LogP contribution in [0.4, 0.5) is 0 Å². The number of hydrogen-bond donors (Lipinski definition) is 0. The molecule has 0 aliphatic heterocycles. The summed E-state index contributed by atoms with van der Waals surface area (Å²) in [7, 11) is 0. The highest BCUT2D eigenvalue weighted by molar-refractivity contribution is 5.87. The number of carbonyl (C=O) groups excluding carboxylic acids is 1. The summed E-state index contributed by atoms with van der Waals surface area (Å²) in [5.41, 5.74) is 0. The van der Waals surface area contributed by atoms with Crippen LogP contribution in [-0.4, -0.2) is 5.78 Å². The highest BCUT2D eigenvalue weighted by atomic mass is 16.1. The highest BCUT2D eigenvalue weighted by Gasteiger charge is 2.56. The lowest BCUT2D eigenvalue weighted by Gasteiger charge is -2.27. The van der Waals surface area contributed by atoms with Gasteiger partial charge in [-0.05, 0) is 37.0 Å². The molecule has 3 saturated carbocycles. The summed E-state index contributed by atoms with van der Waals surface area (Å²) >= 11 is 0. The van der Waals surface area contributed by atoms with Crippen LogP contribution in [0.2, 0.25) is 0 Å². The Morgan fingerprint density at radius 1 is 1.17 bits per heavy atom. The predicted molar refractivity (Wildman–Crippen MR) is 46.6 cm³/mol. The normalized spacial score (nSPS) is 56.4. The maximum atomic E-state index is 11.7. The number of hydrogen-bond acceptors (Lipinski definition) is 1. The Balaban J connectivity index is 1.97. The summed E-state index contributed by atoms with van der Waals surface area (Å²) < 4.78 is 0. The molecule has 0 amide bonds. The highest BCUT2D eigenvalue weighted by Crippen LogP contribution is 2.59. The topological polar surface area (TPSA) is 17.1 Å². The molecule has 3 rings (SSSR count). The number of fused-ring (bicyclic) bond motifs is 5. The predicted octanol–water partition coefficient (Wildman–Crippen LogP) is 2.26. The van der Waals surface area contributed by atoms with Crippen molar-refractivity contribution in [2.45, 2.75) is 32.6 Å². The average Bonchev–Trinajstić information content (AvgIpc) is 2.63. The smallest absolute Gasteiger partial charge is 0.139 e. The Hall–Kier alpha value is -0.330. The van der Waals surface area contributed by atoms with Gasteiger partial charge in [0.15, 0.2) is 0 Å². The van der Waals surface area contributed by atoms with Crippen molar-refractivity contribution < 1.29 is 4.79 Å². The van der Waals surface area contributed by atoms with E-state index in [4.69, 9.17) is 0 Å². The van der Waals surface area contributed by atoms with Crippen molar-refractivity contribution in [1.29, 1.82) is 0 Å². The van der Waals surface area contributed by atoms with E-state index in [1.165, 1.54) is 25.7 Å². The van der Waals surface area contributed by atoms with Gasteiger partial charge >= 0.3 is 0 Å². The van der Waals surface area contributed by atoms with Gasteiger partial charge in [0, 0.05) is 11.8 Å². The summed E-state index contributed by atoms with van der Waals surface area (Å²) in [6.07, 6.45) is 5.41. The number of ketones is 1.